The van der Waals surface area contributed by atoms with Crippen molar-refractivity contribution in [3.63, 3.8) is 0 Å². The molecule has 0 aromatic carbocycles. The van der Waals surface area contributed by atoms with Crippen molar-refractivity contribution >= 4 is 16.8 Å². The standard InChI is InChI=1S/C7H4F3N3O/c8-7(9,10)5-4-3(11)1-2-12-6(4)14-13-5/h1-2H,(H2,11,12). The highest BCUT2D eigenvalue weighted by molar-refractivity contribution is 5.88. The maximum atomic E-state index is 12.3. The molecule has 2 aromatic rings. The average molecular weight is 203 g/mol. The monoisotopic (exact) mass is 203 g/mol. The summed E-state index contributed by atoms with van der Waals surface area (Å²) in [5, 5.41) is 2.59. The maximum absolute atomic E-state index is 12.3. The Kier molecular flexibility index (Phi) is 1.63. The van der Waals surface area contributed by atoms with Crippen molar-refractivity contribution in [2.45, 2.75) is 6.18 Å². The van der Waals surface area contributed by atoms with E-state index in [0.29, 0.717) is 0 Å². The average Bonchev–Trinajstić information content (AvgIpc) is 2.47. The van der Waals surface area contributed by atoms with Crippen LogP contribution in [0.3, 0.4) is 0 Å². The highest BCUT2D eigenvalue weighted by atomic mass is 19.4. The molecule has 0 saturated heterocycles. The van der Waals surface area contributed by atoms with E-state index in [-0.39, 0.29) is 16.8 Å². The fraction of sp³-hybridized carbons (Fsp3) is 0.143. The van der Waals surface area contributed by atoms with Crippen LogP contribution in [0.15, 0.2) is 16.8 Å². The topological polar surface area (TPSA) is 64.9 Å². The molecule has 0 aliphatic rings. The van der Waals surface area contributed by atoms with E-state index in [2.05, 4.69) is 14.7 Å². The molecule has 2 rings (SSSR count). The molecule has 0 aliphatic heterocycles. The number of anilines is 1. The van der Waals surface area contributed by atoms with Gasteiger partial charge in [0.05, 0.1) is 5.39 Å². The quantitative estimate of drug-likeness (QED) is 0.709. The summed E-state index contributed by atoms with van der Waals surface area (Å²) >= 11 is 0. The molecule has 0 unspecified atom stereocenters. The minimum absolute atomic E-state index is 0.0522. The zero-order valence-electron chi connectivity index (χ0n) is 6.67. The molecule has 7 heteroatoms. The maximum Gasteiger partial charge on any atom is 0.437 e. The summed E-state index contributed by atoms with van der Waals surface area (Å²) in [6, 6.07) is 1.26. The predicted molar refractivity (Wildman–Crippen MR) is 41.2 cm³/mol. The van der Waals surface area contributed by atoms with Gasteiger partial charge in [-0.25, -0.2) is 4.98 Å². The minimum Gasteiger partial charge on any atom is -0.398 e. The molecule has 0 bridgehead atoms. The molecule has 0 amide bonds. The summed E-state index contributed by atoms with van der Waals surface area (Å²) in [4.78, 5) is 3.57. The third-order valence-corrected chi connectivity index (χ3v) is 1.68. The SMILES string of the molecule is Nc1ccnc2onc(C(F)(F)F)c12. The molecule has 0 radical (unpaired) electrons. The molecule has 2 heterocycles. The molecule has 2 N–H and O–H groups in total. The fourth-order valence-corrected chi connectivity index (χ4v) is 1.09. The Hall–Kier alpha value is -1.79. The first-order valence-corrected chi connectivity index (χ1v) is 3.57. The van der Waals surface area contributed by atoms with E-state index in [1.807, 2.05) is 0 Å². The second-order valence-corrected chi connectivity index (χ2v) is 2.61. The van der Waals surface area contributed by atoms with Crippen molar-refractivity contribution in [1.82, 2.24) is 10.1 Å². The van der Waals surface area contributed by atoms with Gasteiger partial charge in [-0.1, -0.05) is 5.16 Å². The number of pyridine rings is 1. The van der Waals surface area contributed by atoms with Gasteiger partial charge in [-0.15, -0.1) is 0 Å². The van der Waals surface area contributed by atoms with Gasteiger partial charge in [0, 0.05) is 11.9 Å². The van der Waals surface area contributed by atoms with E-state index in [9.17, 15) is 13.2 Å². The van der Waals surface area contributed by atoms with Crippen molar-refractivity contribution in [1.29, 1.82) is 0 Å². The fourth-order valence-electron chi connectivity index (χ4n) is 1.09. The second kappa shape index (κ2) is 2.60. The number of halogens is 3. The summed E-state index contributed by atoms with van der Waals surface area (Å²) in [6.45, 7) is 0. The first-order valence-electron chi connectivity index (χ1n) is 3.57. The van der Waals surface area contributed by atoms with E-state index >= 15 is 0 Å². The molecule has 0 atom stereocenters. The Balaban J connectivity index is 2.80. The lowest BCUT2D eigenvalue weighted by molar-refractivity contribution is -0.141. The van der Waals surface area contributed by atoms with Gasteiger partial charge in [-0.3, -0.25) is 0 Å². The van der Waals surface area contributed by atoms with E-state index < -0.39 is 11.9 Å². The molecule has 74 valence electrons. The first kappa shape index (κ1) is 8.79. The van der Waals surface area contributed by atoms with Crippen molar-refractivity contribution in [3.8, 4) is 0 Å². The molecular formula is C7H4F3N3O. The number of hydrogen-bond donors (Lipinski definition) is 1. The number of nitrogens with zero attached hydrogens (tertiary/aromatic N) is 2. The van der Waals surface area contributed by atoms with E-state index in [4.69, 9.17) is 5.73 Å². The zero-order chi connectivity index (χ0) is 10.3. The highest BCUT2D eigenvalue weighted by Gasteiger charge is 2.38. The molecule has 4 nitrogen and oxygen atoms in total. The van der Waals surface area contributed by atoms with Crippen molar-refractivity contribution in [2.24, 2.45) is 0 Å². The molecule has 14 heavy (non-hydrogen) atoms. The molecule has 0 spiro atoms. The molecule has 0 fully saturated rings. The summed E-state index contributed by atoms with van der Waals surface area (Å²) in [5.41, 5.74) is 3.95. The van der Waals surface area contributed by atoms with Crippen LogP contribution in [0.5, 0.6) is 0 Å². The van der Waals surface area contributed by atoms with Crippen molar-refractivity contribution in [2.75, 3.05) is 5.73 Å². The van der Waals surface area contributed by atoms with Gasteiger partial charge in [-0.2, -0.15) is 13.2 Å². The first-order chi connectivity index (χ1) is 6.50. The number of fused-ring (bicyclic) bond motifs is 1. The number of rotatable bonds is 0. The van der Waals surface area contributed by atoms with Gasteiger partial charge in [0.25, 0.3) is 5.71 Å². The number of hydrogen-bond acceptors (Lipinski definition) is 4. The largest absolute Gasteiger partial charge is 0.437 e. The summed E-state index contributed by atoms with van der Waals surface area (Å²) < 4.78 is 41.4. The molecule has 0 saturated carbocycles. The van der Waals surface area contributed by atoms with Crippen molar-refractivity contribution < 1.29 is 17.7 Å². The lowest BCUT2D eigenvalue weighted by atomic mass is 10.2. The number of nitrogen functional groups attached to an aromatic ring is 1. The van der Waals surface area contributed by atoms with Crippen LogP contribution in [0, 0.1) is 0 Å². The predicted octanol–water partition coefficient (Wildman–Crippen LogP) is 1.82. The van der Waals surface area contributed by atoms with Crippen LogP contribution in [0.25, 0.3) is 11.1 Å². The lowest BCUT2D eigenvalue weighted by Crippen LogP contribution is -2.06. The highest BCUT2D eigenvalue weighted by Crippen LogP contribution is 2.35. The number of alkyl halides is 3. The van der Waals surface area contributed by atoms with Gasteiger partial charge < -0.3 is 10.3 Å². The van der Waals surface area contributed by atoms with Gasteiger partial charge >= 0.3 is 6.18 Å². The Morgan fingerprint density at radius 3 is 2.71 bits per heavy atom. The van der Waals surface area contributed by atoms with Crippen LogP contribution in [0.2, 0.25) is 0 Å². The minimum atomic E-state index is -4.58. The lowest BCUT2D eigenvalue weighted by Gasteiger charge is -2.01. The molecule has 0 aliphatic carbocycles. The third-order valence-electron chi connectivity index (χ3n) is 1.68. The van der Waals surface area contributed by atoms with Crippen LogP contribution in [-0.4, -0.2) is 10.1 Å². The smallest absolute Gasteiger partial charge is 0.398 e. The van der Waals surface area contributed by atoms with Gasteiger partial charge in [0.15, 0.2) is 5.69 Å². The van der Waals surface area contributed by atoms with Crippen LogP contribution in [-0.2, 0) is 6.18 Å². The summed E-state index contributed by atoms with van der Waals surface area (Å²) in [6.07, 6.45) is -3.33. The van der Waals surface area contributed by atoms with Gasteiger partial charge in [0.1, 0.15) is 0 Å². The third kappa shape index (κ3) is 1.17. The Bertz CT molecular complexity index is 476. The van der Waals surface area contributed by atoms with Crippen LogP contribution in [0.1, 0.15) is 5.69 Å². The van der Waals surface area contributed by atoms with Gasteiger partial charge in [-0.05, 0) is 6.07 Å². The van der Waals surface area contributed by atoms with Crippen molar-refractivity contribution in [3.05, 3.63) is 18.0 Å². The number of nitrogens with two attached hydrogens (primary N) is 1. The van der Waals surface area contributed by atoms with Crippen LogP contribution >= 0.6 is 0 Å². The van der Waals surface area contributed by atoms with E-state index in [0.717, 1.165) is 0 Å². The normalized spacial score (nSPS) is 12.2. The molecular weight excluding hydrogens is 199 g/mol. The van der Waals surface area contributed by atoms with E-state index in [1.54, 1.807) is 0 Å². The zero-order valence-corrected chi connectivity index (χ0v) is 6.67. The molecule has 2 aromatic heterocycles. The Morgan fingerprint density at radius 1 is 1.36 bits per heavy atom. The Labute approximate surface area is 75.5 Å². The van der Waals surface area contributed by atoms with Crippen LogP contribution < -0.4 is 5.73 Å². The Morgan fingerprint density at radius 2 is 2.07 bits per heavy atom. The van der Waals surface area contributed by atoms with Gasteiger partial charge in [0.2, 0.25) is 0 Å². The summed E-state index contributed by atoms with van der Waals surface area (Å²) in [5.74, 6) is 0. The number of aromatic nitrogens is 2. The summed E-state index contributed by atoms with van der Waals surface area (Å²) in [7, 11) is 0. The van der Waals surface area contributed by atoms with E-state index in [1.165, 1.54) is 12.3 Å². The van der Waals surface area contributed by atoms with Crippen LogP contribution in [0.4, 0.5) is 18.9 Å². The second-order valence-electron chi connectivity index (χ2n) is 2.61.